The van der Waals surface area contributed by atoms with Crippen molar-refractivity contribution in [3.05, 3.63) is 23.8 Å². The average Bonchev–Trinajstić information content (AvgIpc) is 3.27. The van der Waals surface area contributed by atoms with E-state index in [1.54, 1.807) is 0 Å². The van der Waals surface area contributed by atoms with Crippen molar-refractivity contribution in [2.24, 2.45) is 56.7 Å². The van der Waals surface area contributed by atoms with E-state index in [2.05, 4.69) is 48.1 Å². The van der Waals surface area contributed by atoms with Gasteiger partial charge in [0.1, 0.15) is 6.10 Å². The Kier molecular flexibility index (Phi) is 7.18. The predicted octanol–water partition coefficient (Wildman–Crippen LogP) is 7.67. The van der Waals surface area contributed by atoms with Crippen LogP contribution in [0.15, 0.2) is 23.8 Å². The molecule has 5 aliphatic carbocycles. The molecule has 0 saturated heterocycles. The van der Waals surface area contributed by atoms with Crippen LogP contribution >= 0.6 is 0 Å². The molecular weight excluding hydrogens is 516 g/mol. The maximum Gasteiger partial charge on any atom is 0.331 e. The highest BCUT2D eigenvalue weighted by Crippen LogP contribution is 2.77. The Morgan fingerprint density at radius 1 is 0.805 bits per heavy atom. The van der Waals surface area contributed by atoms with Crippen LogP contribution in [0, 0.1) is 56.7 Å². The molecule has 41 heavy (non-hydrogen) atoms. The third-order valence-electron chi connectivity index (χ3n) is 14.4. The molecule has 5 fully saturated rings. The third kappa shape index (κ3) is 4.12. The fraction of sp³-hybridized carbons (Fsp3) is 0.800. The molecule has 0 aromatic carbocycles. The molecule has 5 saturated carbocycles. The Labute approximate surface area is 246 Å². The van der Waals surface area contributed by atoms with Gasteiger partial charge in [0, 0.05) is 17.1 Å². The first-order valence-electron chi connectivity index (χ1n) is 16.0. The van der Waals surface area contributed by atoms with Gasteiger partial charge in [-0.3, -0.25) is 4.79 Å². The normalized spacial score (nSPS) is 46.8. The summed E-state index contributed by atoms with van der Waals surface area (Å²) in [6, 6.07) is 0. The molecule has 0 bridgehead atoms. The standard InChI is InChI=1S/C35H52O6/c1-20(2)22-11-16-35(30(39)40)18-17-33(7)23(28(22)35)9-10-25-32(6)14-13-26(41-27(36)19-21(3)29(37)38)31(4,5)24(32)12-15-34(25,33)8/h19,22-26,28H,1,9-18H2,2-8H3,(H,37,38)(H,39,40)/b21-19-/t22-,23+,24-,25+,26-,28+,32-,33+,34+,35-/m0/s1. The van der Waals surface area contributed by atoms with Crippen LogP contribution in [0.4, 0.5) is 0 Å². The van der Waals surface area contributed by atoms with Gasteiger partial charge < -0.3 is 14.9 Å². The van der Waals surface area contributed by atoms with Crippen molar-refractivity contribution in [2.75, 3.05) is 0 Å². The van der Waals surface area contributed by atoms with Crippen LogP contribution in [0.25, 0.3) is 0 Å². The average molecular weight is 569 g/mol. The lowest BCUT2D eigenvalue weighted by Crippen LogP contribution is -2.67. The monoisotopic (exact) mass is 568 g/mol. The number of allylic oxidation sites excluding steroid dienone is 1. The molecular formula is C35H52O6. The summed E-state index contributed by atoms with van der Waals surface area (Å²) in [4.78, 5) is 36.8. The smallest absolute Gasteiger partial charge is 0.331 e. The zero-order valence-corrected chi connectivity index (χ0v) is 26.3. The maximum atomic E-state index is 12.9. The molecule has 228 valence electrons. The van der Waals surface area contributed by atoms with Gasteiger partial charge in [-0.2, -0.15) is 0 Å². The zero-order chi connectivity index (χ0) is 30.3. The molecule has 0 radical (unpaired) electrons. The van der Waals surface area contributed by atoms with Gasteiger partial charge in [0.15, 0.2) is 0 Å². The van der Waals surface area contributed by atoms with Crippen molar-refractivity contribution >= 4 is 17.9 Å². The number of carboxylic acid groups (broad SMARTS) is 2. The minimum absolute atomic E-state index is 0.0116. The molecule has 0 heterocycles. The first-order chi connectivity index (χ1) is 19.0. The maximum absolute atomic E-state index is 12.9. The van der Waals surface area contributed by atoms with E-state index in [0.29, 0.717) is 23.7 Å². The summed E-state index contributed by atoms with van der Waals surface area (Å²) >= 11 is 0. The van der Waals surface area contributed by atoms with Gasteiger partial charge in [0.25, 0.3) is 0 Å². The van der Waals surface area contributed by atoms with E-state index in [4.69, 9.17) is 4.74 Å². The Bertz CT molecular complexity index is 1180. The Morgan fingerprint density at radius 2 is 1.49 bits per heavy atom. The van der Waals surface area contributed by atoms with E-state index in [-0.39, 0.29) is 39.3 Å². The van der Waals surface area contributed by atoms with Crippen molar-refractivity contribution in [3.63, 3.8) is 0 Å². The quantitative estimate of drug-likeness (QED) is 0.200. The summed E-state index contributed by atoms with van der Waals surface area (Å²) in [5, 5.41) is 19.8. The van der Waals surface area contributed by atoms with Gasteiger partial charge in [0.2, 0.25) is 0 Å². The summed E-state index contributed by atoms with van der Waals surface area (Å²) in [7, 11) is 0. The van der Waals surface area contributed by atoms with Gasteiger partial charge in [-0.25, -0.2) is 9.59 Å². The van der Waals surface area contributed by atoms with Crippen LogP contribution < -0.4 is 0 Å². The van der Waals surface area contributed by atoms with Gasteiger partial charge in [-0.05, 0) is 124 Å². The Morgan fingerprint density at radius 3 is 2.10 bits per heavy atom. The highest BCUT2D eigenvalue weighted by Gasteiger charge is 2.72. The van der Waals surface area contributed by atoms with Crippen molar-refractivity contribution in [1.29, 1.82) is 0 Å². The highest BCUT2D eigenvalue weighted by molar-refractivity contribution is 5.94. The number of hydrogen-bond donors (Lipinski definition) is 2. The second-order valence-electron chi connectivity index (χ2n) is 16.1. The van der Waals surface area contributed by atoms with E-state index in [1.807, 2.05) is 0 Å². The van der Waals surface area contributed by atoms with E-state index in [0.717, 1.165) is 75.9 Å². The second-order valence-corrected chi connectivity index (χ2v) is 16.1. The van der Waals surface area contributed by atoms with E-state index in [1.165, 1.54) is 6.92 Å². The van der Waals surface area contributed by atoms with E-state index < -0.39 is 23.3 Å². The summed E-state index contributed by atoms with van der Waals surface area (Å²) in [6.07, 6.45) is 10.5. The molecule has 0 aliphatic heterocycles. The molecule has 5 aliphatic rings. The lowest BCUT2D eigenvalue weighted by molar-refractivity contribution is -0.250. The minimum atomic E-state index is -1.11. The number of carbonyl (C=O) groups is 3. The third-order valence-corrected chi connectivity index (χ3v) is 14.4. The summed E-state index contributed by atoms with van der Waals surface area (Å²) < 4.78 is 5.96. The largest absolute Gasteiger partial charge is 0.481 e. The number of aliphatic carboxylic acids is 2. The molecule has 5 rings (SSSR count). The zero-order valence-electron chi connectivity index (χ0n) is 26.3. The molecule has 6 nitrogen and oxygen atoms in total. The van der Waals surface area contributed by atoms with Gasteiger partial charge >= 0.3 is 17.9 Å². The molecule has 6 heteroatoms. The SMILES string of the molecule is C=C(C)[C@@H]1CC[C@]2(C(=O)O)CC[C@]3(C)[C@H](CC[C@@H]4[C@@]5(C)CC[C@H](OC(=O)/C=C(/C)C(=O)O)C(C)(C)[C@@H]5CC[C@]43C)[C@@H]12. The number of carboxylic acids is 2. The van der Waals surface area contributed by atoms with Crippen molar-refractivity contribution in [2.45, 2.75) is 119 Å². The van der Waals surface area contributed by atoms with Gasteiger partial charge in [-0.1, -0.05) is 46.8 Å². The van der Waals surface area contributed by atoms with Crippen LogP contribution in [0.1, 0.15) is 113 Å². The first kappa shape index (κ1) is 30.4. The first-order valence-corrected chi connectivity index (χ1v) is 16.0. The molecule has 0 spiro atoms. The highest BCUT2D eigenvalue weighted by atomic mass is 16.5. The van der Waals surface area contributed by atoms with Gasteiger partial charge in [0.05, 0.1) is 5.41 Å². The van der Waals surface area contributed by atoms with Crippen molar-refractivity contribution < 1.29 is 29.3 Å². The van der Waals surface area contributed by atoms with Crippen LogP contribution in [0.3, 0.4) is 0 Å². The van der Waals surface area contributed by atoms with E-state index in [9.17, 15) is 24.6 Å². The van der Waals surface area contributed by atoms with E-state index >= 15 is 0 Å². The molecule has 0 amide bonds. The molecule has 10 atom stereocenters. The van der Waals surface area contributed by atoms with Crippen LogP contribution in [0.2, 0.25) is 0 Å². The molecule has 0 unspecified atom stereocenters. The molecule has 0 aromatic heterocycles. The summed E-state index contributed by atoms with van der Waals surface area (Å²) in [5.41, 5.74) is 0.623. The number of rotatable bonds is 5. The fourth-order valence-electron chi connectivity index (χ4n) is 12.1. The predicted molar refractivity (Wildman–Crippen MR) is 158 cm³/mol. The number of esters is 1. The van der Waals surface area contributed by atoms with Crippen LogP contribution in [-0.4, -0.2) is 34.2 Å². The van der Waals surface area contributed by atoms with Crippen molar-refractivity contribution in [1.82, 2.24) is 0 Å². The Hall–Kier alpha value is -2.11. The number of carbonyl (C=O) groups excluding carboxylic acids is 1. The van der Waals surface area contributed by atoms with Crippen LogP contribution in [-0.2, 0) is 19.1 Å². The van der Waals surface area contributed by atoms with Gasteiger partial charge in [-0.15, -0.1) is 0 Å². The lowest BCUT2D eigenvalue weighted by atomic mass is 9.32. The lowest BCUT2D eigenvalue weighted by Gasteiger charge is -2.72. The Balaban J connectivity index is 1.45. The summed E-state index contributed by atoms with van der Waals surface area (Å²) in [6.45, 7) is 19.9. The molecule has 2 N–H and O–H groups in total. The molecule has 0 aromatic rings. The number of fused-ring (bicyclic) bond motifs is 7. The number of ether oxygens (including phenoxy) is 1. The van der Waals surface area contributed by atoms with Crippen molar-refractivity contribution in [3.8, 4) is 0 Å². The fourth-order valence-corrected chi connectivity index (χ4v) is 12.1. The summed E-state index contributed by atoms with van der Waals surface area (Å²) in [5.74, 6) is -0.467. The second kappa shape index (κ2) is 9.71. The topological polar surface area (TPSA) is 101 Å². The number of hydrogen-bond acceptors (Lipinski definition) is 4. The van der Waals surface area contributed by atoms with Crippen LogP contribution in [0.5, 0.6) is 0 Å². The minimum Gasteiger partial charge on any atom is -0.481 e.